The molecule has 4 aromatic rings. The zero-order chi connectivity index (χ0) is 33.1. The molecule has 4 rings (SSSR count). The molecule has 1 amide bonds. The van der Waals surface area contributed by atoms with Crippen LogP contribution < -0.4 is 29.8 Å². The van der Waals surface area contributed by atoms with Crippen LogP contribution in [0.25, 0.3) is 17.1 Å². The number of halogens is 4. The fourth-order valence-electron chi connectivity index (χ4n) is 4.30. The molecule has 11 nitrogen and oxygen atoms in total. The Bertz CT molecular complexity index is 1730. The van der Waals surface area contributed by atoms with Crippen molar-refractivity contribution in [2.45, 2.75) is 32.5 Å². The zero-order valence-electron chi connectivity index (χ0n) is 24.9. The number of carbonyl (C=O) groups excluding carboxylic acids is 1. The Morgan fingerprint density at radius 3 is 2.16 bits per heavy atom. The van der Waals surface area contributed by atoms with Crippen molar-refractivity contribution in [3.05, 3.63) is 76.1 Å². The minimum absolute atomic E-state index is 0.0155. The quantitative estimate of drug-likeness (QED) is 0.210. The number of rotatable bonds is 12. The van der Waals surface area contributed by atoms with Crippen molar-refractivity contribution in [3.63, 3.8) is 0 Å². The van der Waals surface area contributed by atoms with Crippen molar-refractivity contribution in [3.8, 4) is 40.2 Å². The third-order valence-corrected chi connectivity index (χ3v) is 6.51. The molecular weight excluding hydrogens is 604 g/mol. The van der Waals surface area contributed by atoms with Gasteiger partial charge in [0, 0.05) is 43.3 Å². The van der Waals surface area contributed by atoms with Crippen LogP contribution in [0.4, 0.5) is 23.2 Å². The van der Waals surface area contributed by atoms with E-state index in [4.69, 9.17) is 14.2 Å². The molecule has 0 bridgehead atoms. The maximum Gasteiger partial charge on any atom is 0.387 e. The number of anilines is 1. The standard InChI is InChI=1S/C30H30F4N4O7/c1-30(2,41)10-11-44-23-15-19(43-5)14-22(35-23)38-28(40)25(36-27(39)16-6-8-17(9-7-16)45-29(33)34)26(37(38)3)24-20(31)12-18(42-4)13-21(24)32/h6-9,12-15,29,41H,10-11H2,1-5H3,(H,36,39). The Hall–Kier alpha value is -5.05. The molecule has 0 atom stereocenters. The molecule has 45 heavy (non-hydrogen) atoms. The van der Waals surface area contributed by atoms with Gasteiger partial charge in [0.2, 0.25) is 5.88 Å². The zero-order valence-corrected chi connectivity index (χ0v) is 24.9. The molecule has 0 spiro atoms. The molecule has 0 aliphatic rings. The number of hydrogen-bond donors (Lipinski definition) is 2. The summed E-state index contributed by atoms with van der Waals surface area (Å²) in [5.74, 6) is -3.29. The molecular formula is C30H30F4N4O7. The van der Waals surface area contributed by atoms with Crippen LogP contribution in [0.1, 0.15) is 30.6 Å². The lowest BCUT2D eigenvalue weighted by Crippen LogP contribution is -2.24. The topological polar surface area (TPSA) is 126 Å². The van der Waals surface area contributed by atoms with Gasteiger partial charge in [-0.25, -0.2) is 8.78 Å². The first-order valence-corrected chi connectivity index (χ1v) is 13.4. The van der Waals surface area contributed by atoms with E-state index in [1.54, 1.807) is 13.8 Å². The minimum Gasteiger partial charge on any atom is -0.497 e. The first kappa shape index (κ1) is 32.9. The number of alkyl halides is 2. The molecule has 0 aliphatic carbocycles. The number of benzene rings is 2. The number of amides is 1. The molecule has 2 heterocycles. The number of carbonyl (C=O) groups is 1. The summed E-state index contributed by atoms with van der Waals surface area (Å²) in [6, 6.07) is 9.20. The molecule has 15 heteroatoms. The van der Waals surface area contributed by atoms with E-state index >= 15 is 8.78 Å². The molecule has 240 valence electrons. The van der Waals surface area contributed by atoms with Crippen LogP contribution in [0.3, 0.4) is 0 Å². The summed E-state index contributed by atoms with van der Waals surface area (Å²) in [5, 5.41) is 12.4. The average Bonchev–Trinajstić information content (AvgIpc) is 3.20. The highest BCUT2D eigenvalue weighted by Crippen LogP contribution is 2.35. The predicted molar refractivity (Wildman–Crippen MR) is 155 cm³/mol. The van der Waals surface area contributed by atoms with Gasteiger partial charge in [0.1, 0.15) is 40.3 Å². The molecule has 0 saturated heterocycles. The Kier molecular flexibility index (Phi) is 9.71. The lowest BCUT2D eigenvalue weighted by atomic mass is 10.1. The third kappa shape index (κ3) is 7.55. The summed E-state index contributed by atoms with van der Waals surface area (Å²) < 4.78 is 78.2. The van der Waals surface area contributed by atoms with Crippen LogP contribution in [0.15, 0.2) is 53.3 Å². The van der Waals surface area contributed by atoms with Crippen molar-refractivity contribution in [2.24, 2.45) is 7.05 Å². The highest BCUT2D eigenvalue weighted by atomic mass is 19.3. The number of methoxy groups -OCH3 is 2. The first-order chi connectivity index (χ1) is 21.2. The van der Waals surface area contributed by atoms with E-state index in [1.165, 1.54) is 45.5 Å². The van der Waals surface area contributed by atoms with Gasteiger partial charge in [0.25, 0.3) is 11.5 Å². The van der Waals surface area contributed by atoms with Crippen molar-refractivity contribution < 1.29 is 46.4 Å². The molecule has 2 N–H and O–H groups in total. The predicted octanol–water partition coefficient (Wildman–Crippen LogP) is 4.93. The number of hydrogen-bond acceptors (Lipinski definition) is 8. The van der Waals surface area contributed by atoms with E-state index in [1.807, 2.05) is 0 Å². The van der Waals surface area contributed by atoms with Crippen molar-refractivity contribution >= 4 is 11.6 Å². The van der Waals surface area contributed by atoms with Crippen LogP contribution >= 0.6 is 0 Å². The van der Waals surface area contributed by atoms with Gasteiger partial charge >= 0.3 is 6.61 Å². The van der Waals surface area contributed by atoms with Crippen LogP contribution in [0.2, 0.25) is 0 Å². The number of aliphatic hydroxyl groups is 1. The number of nitrogens with zero attached hydrogens (tertiary/aromatic N) is 3. The maximum atomic E-state index is 15.4. The smallest absolute Gasteiger partial charge is 0.387 e. The molecule has 0 saturated carbocycles. The SMILES string of the molecule is COc1cc(OCCC(C)(C)O)nc(-n2c(=O)c(NC(=O)c3ccc(OC(F)F)cc3)c(-c3c(F)cc(OC)cc3F)n2C)c1. The summed E-state index contributed by atoms with van der Waals surface area (Å²) >= 11 is 0. The van der Waals surface area contributed by atoms with E-state index in [9.17, 15) is 23.5 Å². The molecule has 2 aromatic heterocycles. The fourth-order valence-corrected chi connectivity index (χ4v) is 4.30. The van der Waals surface area contributed by atoms with E-state index in [2.05, 4.69) is 15.0 Å². The lowest BCUT2D eigenvalue weighted by Gasteiger charge is -2.17. The Morgan fingerprint density at radius 1 is 1.00 bits per heavy atom. The first-order valence-electron chi connectivity index (χ1n) is 13.4. The Labute approximate surface area is 254 Å². The van der Waals surface area contributed by atoms with Gasteiger partial charge in [-0.2, -0.15) is 18.4 Å². The van der Waals surface area contributed by atoms with Crippen molar-refractivity contribution in [1.29, 1.82) is 0 Å². The second-order valence-corrected chi connectivity index (χ2v) is 10.3. The number of nitrogens with one attached hydrogen (secondary N) is 1. The van der Waals surface area contributed by atoms with E-state index in [0.717, 1.165) is 33.6 Å². The summed E-state index contributed by atoms with van der Waals surface area (Å²) in [5.41, 5.74) is -3.58. The van der Waals surface area contributed by atoms with Crippen LogP contribution in [-0.4, -0.2) is 58.4 Å². The van der Waals surface area contributed by atoms with E-state index in [0.29, 0.717) is 0 Å². The van der Waals surface area contributed by atoms with Crippen LogP contribution in [-0.2, 0) is 7.05 Å². The van der Waals surface area contributed by atoms with Gasteiger partial charge in [-0.3, -0.25) is 14.3 Å². The van der Waals surface area contributed by atoms with Gasteiger partial charge in [0.05, 0.1) is 32.0 Å². The van der Waals surface area contributed by atoms with E-state index in [-0.39, 0.29) is 53.2 Å². The summed E-state index contributed by atoms with van der Waals surface area (Å²) in [6.07, 6.45) is 0.247. The van der Waals surface area contributed by atoms with Gasteiger partial charge in [0.15, 0.2) is 5.82 Å². The maximum absolute atomic E-state index is 15.4. The number of pyridine rings is 1. The molecule has 0 radical (unpaired) electrons. The molecule has 2 aromatic carbocycles. The van der Waals surface area contributed by atoms with Gasteiger partial charge < -0.3 is 29.4 Å². The van der Waals surface area contributed by atoms with Crippen LogP contribution in [0, 0.1) is 11.6 Å². The van der Waals surface area contributed by atoms with Gasteiger partial charge in [-0.1, -0.05) is 0 Å². The van der Waals surface area contributed by atoms with Crippen molar-refractivity contribution in [2.75, 3.05) is 26.1 Å². The van der Waals surface area contributed by atoms with Crippen molar-refractivity contribution in [1.82, 2.24) is 14.3 Å². The highest BCUT2D eigenvalue weighted by molar-refractivity contribution is 6.06. The molecule has 0 fully saturated rings. The molecule has 0 aliphatic heterocycles. The monoisotopic (exact) mass is 634 g/mol. The molecule has 0 unspecified atom stereocenters. The lowest BCUT2D eigenvalue weighted by molar-refractivity contribution is -0.0498. The normalized spacial score (nSPS) is 11.4. The Morgan fingerprint density at radius 2 is 1.60 bits per heavy atom. The summed E-state index contributed by atoms with van der Waals surface area (Å²) in [7, 11) is 3.91. The third-order valence-electron chi connectivity index (χ3n) is 6.51. The number of aromatic nitrogens is 3. The second kappa shape index (κ2) is 13.3. The summed E-state index contributed by atoms with van der Waals surface area (Å²) in [6.45, 7) is 0.179. The number of ether oxygens (including phenoxy) is 4. The summed E-state index contributed by atoms with van der Waals surface area (Å²) in [4.78, 5) is 31.5. The largest absolute Gasteiger partial charge is 0.497 e. The fraction of sp³-hybridized carbons (Fsp3) is 0.300. The van der Waals surface area contributed by atoms with Gasteiger partial charge in [-0.05, 0) is 38.1 Å². The Balaban J connectivity index is 1.86. The van der Waals surface area contributed by atoms with E-state index < -0.39 is 46.6 Å². The average molecular weight is 635 g/mol. The van der Waals surface area contributed by atoms with Gasteiger partial charge in [-0.15, -0.1) is 0 Å². The second-order valence-electron chi connectivity index (χ2n) is 10.3. The van der Waals surface area contributed by atoms with Crippen LogP contribution in [0.5, 0.6) is 23.1 Å². The highest BCUT2D eigenvalue weighted by Gasteiger charge is 2.28. The minimum atomic E-state index is -3.08.